The van der Waals surface area contributed by atoms with Crippen LogP contribution in [0.5, 0.6) is 0 Å². The summed E-state index contributed by atoms with van der Waals surface area (Å²) in [5.74, 6) is -0.604. The quantitative estimate of drug-likeness (QED) is 0.292. The van der Waals surface area contributed by atoms with Gasteiger partial charge in [-0.1, -0.05) is 83.2 Å². The molecule has 0 bridgehead atoms. The highest BCUT2D eigenvalue weighted by Gasteiger charge is 2.77. The van der Waals surface area contributed by atoms with E-state index in [1.165, 1.54) is 0 Å². The molecule has 4 heterocycles. The normalized spacial score (nSPS) is 30.2. The number of nitrogens with zero attached hydrogens (tertiary/aromatic N) is 1. The van der Waals surface area contributed by atoms with E-state index in [1.54, 1.807) is 18.2 Å². The number of piperidine rings is 2. The third-order valence-electron chi connectivity index (χ3n) is 9.44. The minimum atomic E-state index is -1.23. The number of halogens is 4. The summed E-state index contributed by atoms with van der Waals surface area (Å²) in [6.07, 6.45) is 4.62. The van der Waals surface area contributed by atoms with E-state index in [2.05, 4.69) is 15.5 Å². The minimum absolute atomic E-state index is 0.0699. The number of para-hydroxylation sites is 1. The minimum Gasteiger partial charge on any atom is -0.324 e. The van der Waals surface area contributed by atoms with Crippen molar-refractivity contribution in [2.75, 3.05) is 25.0 Å². The van der Waals surface area contributed by atoms with Crippen molar-refractivity contribution in [1.82, 2.24) is 10.2 Å². The van der Waals surface area contributed by atoms with Gasteiger partial charge in [0, 0.05) is 62.0 Å². The van der Waals surface area contributed by atoms with Gasteiger partial charge in [0.2, 0.25) is 0 Å². The fourth-order valence-corrected chi connectivity index (χ4v) is 9.02. The average Bonchev–Trinajstić information content (AvgIpc) is 3.39. The van der Waals surface area contributed by atoms with Crippen molar-refractivity contribution in [3.63, 3.8) is 0 Å². The summed E-state index contributed by atoms with van der Waals surface area (Å²) >= 11 is 26.0. The van der Waals surface area contributed by atoms with Crippen LogP contribution in [0.2, 0.25) is 20.1 Å². The van der Waals surface area contributed by atoms with Crippen LogP contribution in [-0.4, -0.2) is 42.3 Å². The fourth-order valence-electron chi connectivity index (χ4n) is 8.03. The SMILES string of the molecule is O=C1/C(=C/c2ccc(Cl)cc2Cl)CNCC12[C@@H](c1ccc(Cl)cc1Cl)[C@@H]1CCCCN1[C@@]21C(=O)Nc2ccccc21. The Labute approximate surface area is 258 Å². The molecule has 210 valence electrons. The average molecular weight is 627 g/mol. The monoisotopic (exact) mass is 625 g/mol. The molecule has 7 rings (SSSR count). The van der Waals surface area contributed by atoms with Gasteiger partial charge in [0.05, 0.1) is 5.41 Å². The summed E-state index contributed by atoms with van der Waals surface area (Å²) < 4.78 is 0. The van der Waals surface area contributed by atoms with Crippen molar-refractivity contribution in [1.29, 1.82) is 0 Å². The number of hydrogen-bond acceptors (Lipinski definition) is 4. The Bertz CT molecular complexity index is 1640. The maximum Gasteiger partial charge on any atom is 0.250 e. The van der Waals surface area contributed by atoms with Crippen LogP contribution in [0.15, 0.2) is 66.2 Å². The van der Waals surface area contributed by atoms with Crippen LogP contribution in [0, 0.1) is 5.41 Å². The summed E-state index contributed by atoms with van der Waals surface area (Å²) in [6, 6.07) is 18.4. The Morgan fingerprint density at radius 2 is 1.66 bits per heavy atom. The van der Waals surface area contributed by atoms with E-state index in [1.807, 2.05) is 48.5 Å². The molecule has 5 nitrogen and oxygen atoms in total. The molecular formula is C32H27Cl4N3O2. The summed E-state index contributed by atoms with van der Waals surface area (Å²) in [6.45, 7) is 1.37. The molecule has 0 saturated carbocycles. The Hall–Kier alpha value is -2.38. The van der Waals surface area contributed by atoms with E-state index < -0.39 is 11.0 Å². The van der Waals surface area contributed by atoms with Gasteiger partial charge < -0.3 is 10.6 Å². The molecule has 3 fully saturated rings. The number of benzene rings is 3. The largest absolute Gasteiger partial charge is 0.324 e. The number of anilines is 1. The molecule has 4 aliphatic heterocycles. The molecule has 41 heavy (non-hydrogen) atoms. The first-order valence-electron chi connectivity index (χ1n) is 13.8. The van der Waals surface area contributed by atoms with Crippen LogP contribution in [0.1, 0.15) is 41.9 Å². The van der Waals surface area contributed by atoms with Gasteiger partial charge >= 0.3 is 0 Å². The van der Waals surface area contributed by atoms with Crippen molar-refractivity contribution in [3.8, 4) is 0 Å². The highest BCUT2D eigenvalue weighted by Crippen LogP contribution is 2.68. The van der Waals surface area contributed by atoms with Gasteiger partial charge in [0.1, 0.15) is 5.54 Å². The van der Waals surface area contributed by atoms with Gasteiger partial charge in [-0.2, -0.15) is 0 Å². The zero-order chi connectivity index (χ0) is 28.5. The Kier molecular flexibility index (Phi) is 6.77. The van der Waals surface area contributed by atoms with Gasteiger partial charge in [-0.05, 0) is 66.9 Å². The fraction of sp³-hybridized carbons (Fsp3) is 0.312. The smallest absolute Gasteiger partial charge is 0.250 e. The van der Waals surface area contributed by atoms with Gasteiger partial charge in [-0.15, -0.1) is 0 Å². The summed E-state index contributed by atoms with van der Waals surface area (Å²) in [5, 5.41) is 8.72. The number of fused-ring (bicyclic) bond motifs is 5. The lowest BCUT2D eigenvalue weighted by molar-refractivity contribution is -0.145. The maximum atomic E-state index is 15.3. The zero-order valence-electron chi connectivity index (χ0n) is 22.0. The molecule has 4 atom stereocenters. The standard InChI is InChI=1S/C32H27Cl4N3O2/c33-20-9-8-18(24(35)14-20)13-19-16-37-17-31(29(19)40)28(22-11-10-21(34)15-25(22)36)27-7-3-4-12-39(27)32(31)23-5-1-2-6-26(23)38-30(32)41/h1-2,5-6,8-11,13-15,27-28,37H,3-4,7,12,16-17H2,(H,38,41)/b19-13+/t27-,28-,31?,32-/m0/s1. The lowest BCUT2D eigenvalue weighted by Crippen LogP contribution is -2.65. The van der Waals surface area contributed by atoms with E-state index >= 15 is 4.79 Å². The first kappa shape index (κ1) is 27.5. The van der Waals surface area contributed by atoms with Crippen molar-refractivity contribution in [3.05, 3.63) is 103 Å². The number of carbonyl (C=O) groups excluding carboxylic acids is 2. The van der Waals surface area contributed by atoms with Crippen LogP contribution in [-0.2, 0) is 15.1 Å². The molecule has 3 saturated heterocycles. The van der Waals surface area contributed by atoms with E-state index in [0.717, 1.165) is 36.1 Å². The highest BCUT2D eigenvalue weighted by atomic mass is 35.5. The Balaban J connectivity index is 1.53. The molecule has 1 unspecified atom stereocenters. The molecule has 2 spiro atoms. The van der Waals surface area contributed by atoms with Crippen molar-refractivity contribution in [2.24, 2.45) is 5.41 Å². The molecule has 0 aliphatic carbocycles. The van der Waals surface area contributed by atoms with Gasteiger partial charge in [-0.25, -0.2) is 0 Å². The number of Topliss-reactive ketones (excluding diaryl/α,β-unsaturated/α-hetero) is 1. The van der Waals surface area contributed by atoms with Gasteiger partial charge in [-0.3, -0.25) is 14.5 Å². The molecule has 3 aromatic carbocycles. The molecule has 4 aliphatic rings. The van der Waals surface area contributed by atoms with Crippen LogP contribution >= 0.6 is 46.4 Å². The summed E-state index contributed by atoms with van der Waals surface area (Å²) in [4.78, 5) is 32.2. The second kappa shape index (κ2) is 10.1. The van der Waals surface area contributed by atoms with Crippen LogP contribution in [0.3, 0.4) is 0 Å². The summed E-state index contributed by atoms with van der Waals surface area (Å²) in [5.41, 5.74) is 1.25. The predicted molar refractivity (Wildman–Crippen MR) is 165 cm³/mol. The first-order chi connectivity index (χ1) is 19.8. The Morgan fingerprint density at radius 3 is 2.44 bits per heavy atom. The summed E-state index contributed by atoms with van der Waals surface area (Å²) in [7, 11) is 0. The lowest BCUT2D eigenvalue weighted by Gasteiger charge is -2.49. The third kappa shape index (κ3) is 3.83. The number of nitrogens with one attached hydrogen (secondary N) is 2. The van der Waals surface area contributed by atoms with Crippen molar-refractivity contribution >= 4 is 69.9 Å². The number of ketones is 1. The number of carbonyl (C=O) groups is 2. The number of hydrogen-bond donors (Lipinski definition) is 2. The van der Waals surface area contributed by atoms with Gasteiger partial charge in [0.15, 0.2) is 5.78 Å². The van der Waals surface area contributed by atoms with Crippen LogP contribution < -0.4 is 10.6 Å². The first-order valence-corrected chi connectivity index (χ1v) is 15.3. The van der Waals surface area contributed by atoms with Gasteiger partial charge in [0.25, 0.3) is 5.91 Å². The maximum absolute atomic E-state index is 15.3. The molecular weight excluding hydrogens is 600 g/mol. The van der Waals surface area contributed by atoms with E-state index in [-0.39, 0.29) is 23.7 Å². The third-order valence-corrected chi connectivity index (χ3v) is 10.6. The van der Waals surface area contributed by atoms with Crippen molar-refractivity contribution < 1.29 is 9.59 Å². The molecule has 0 radical (unpaired) electrons. The van der Waals surface area contributed by atoms with Crippen LogP contribution in [0.25, 0.3) is 6.08 Å². The molecule has 0 aromatic heterocycles. The number of rotatable bonds is 2. The molecule has 3 aromatic rings. The van der Waals surface area contributed by atoms with E-state index in [0.29, 0.717) is 50.9 Å². The predicted octanol–water partition coefficient (Wildman–Crippen LogP) is 7.34. The van der Waals surface area contributed by atoms with Crippen LogP contribution in [0.4, 0.5) is 5.69 Å². The molecule has 1 amide bonds. The molecule has 2 N–H and O–H groups in total. The van der Waals surface area contributed by atoms with E-state index in [4.69, 9.17) is 46.4 Å². The second-order valence-corrected chi connectivity index (χ2v) is 13.0. The lowest BCUT2D eigenvalue weighted by atomic mass is 9.55. The topological polar surface area (TPSA) is 61.4 Å². The zero-order valence-corrected chi connectivity index (χ0v) is 25.0. The van der Waals surface area contributed by atoms with E-state index in [9.17, 15) is 4.79 Å². The highest BCUT2D eigenvalue weighted by molar-refractivity contribution is 6.36. The number of amides is 1. The Morgan fingerprint density at radius 1 is 0.902 bits per heavy atom. The molecule has 9 heteroatoms. The van der Waals surface area contributed by atoms with Crippen molar-refractivity contribution in [2.45, 2.75) is 36.8 Å². The second-order valence-electron chi connectivity index (χ2n) is 11.3.